The number of methoxy groups -OCH3 is 1. The van der Waals surface area contributed by atoms with Gasteiger partial charge in [0.05, 0.1) is 30.6 Å². The van der Waals surface area contributed by atoms with E-state index in [-0.39, 0.29) is 11.8 Å². The van der Waals surface area contributed by atoms with Gasteiger partial charge in [-0.2, -0.15) is 0 Å². The highest BCUT2D eigenvalue weighted by atomic mass is 32.1. The lowest BCUT2D eigenvalue weighted by atomic mass is 9.98. The Morgan fingerprint density at radius 1 is 1.24 bits per heavy atom. The third-order valence-corrected chi connectivity index (χ3v) is 7.18. The summed E-state index contributed by atoms with van der Waals surface area (Å²) in [6.07, 6.45) is 6.04. The van der Waals surface area contributed by atoms with Crippen LogP contribution < -0.4 is 4.74 Å². The van der Waals surface area contributed by atoms with Crippen LogP contribution in [0.3, 0.4) is 0 Å². The Morgan fingerprint density at radius 3 is 2.97 bits per heavy atom. The SMILES string of the molecule is COc1cccc(Cc2cnc(C3CCCN(C(=O)c4sc(-c5ccccn5)nc4C)C3)o2)c1. The molecule has 1 fully saturated rings. The van der Waals surface area contributed by atoms with Crippen LogP contribution >= 0.6 is 11.3 Å². The lowest BCUT2D eigenvalue weighted by Crippen LogP contribution is -2.39. The number of benzene rings is 1. The van der Waals surface area contributed by atoms with Crippen molar-refractivity contribution in [3.8, 4) is 16.5 Å². The molecule has 0 N–H and O–H groups in total. The molecule has 1 aliphatic rings. The van der Waals surface area contributed by atoms with Crippen molar-refractivity contribution < 1.29 is 13.9 Å². The molecule has 174 valence electrons. The van der Waals surface area contributed by atoms with Crippen LogP contribution in [-0.2, 0) is 6.42 Å². The number of pyridine rings is 1. The summed E-state index contributed by atoms with van der Waals surface area (Å²) < 4.78 is 11.4. The largest absolute Gasteiger partial charge is 0.497 e. The summed E-state index contributed by atoms with van der Waals surface area (Å²) in [6, 6.07) is 13.6. The maximum absolute atomic E-state index is 13.4. The van der Waals surface area contributed by atoms with Crippen molar-refractivity contribution in [2.45, 2.75) is 32.1 Å². The highest BCUT2D eigenvalue weighted by molar-refractivity contribution is 7.17. The number of aryl methyl sites for hydroxylation is 1. The van der Waals surface area contributed by atoms with E-state index in [4.69, 9.17) is 9.15 Å². The zero-order valence-electron chi connectivity index (χ0n) is 19.2. The summed E-state index contributed by atoms with van der Waals surface area (Å²) in [6.45, 7) is 3.20. The van der Waals surface area contributed by atoms with Gasteiger partial charge in [-0.3, -0.25) is 9.78 Å². The minimum absolute atomic E-state index is 0.0186. The molecule has 3 aromatic heterocycles. The molecular formula is C26H26N4O3S. The average molecular weight is 475 g/mol. The summed E-state index contributed by atoms with van der Waals surface area (Å²) in [5.74, 6) is 2.43. The summed E-state index contributed by atoms with van der Waals surface area (Å²) >= 11 is 1.41. The summed E-state index contributed by atoms with van der Waals surface area (Å²) in [7, 11) is 1.66. The van der Waals surface area contributed by atoms with Gasteiger partial charge in [0.1, 0.15) is 21.4 Å². The van der Waals surface area contributed by atoms with E-state index in [2.05, 4.69) is 15.0 Å². The van der Waals surface area contributed by atoms with Crippen molar-refractivity contribution in [3.63, 3.8) is 0 Å². The topological polar surface area (TPSA) is 81.4 Å². The Bertz CT molecular complexity index is 1280. The normalized spacial score (nSPS) is 15.9. The van der Waals surface area contributed by atoms with Crippen LogP contribution in [-0.4, -0.2) is 46.0 Å². The van der Waals surface area contributed by atoms with Gasteiger partial charge in [-0.1, -0.05) is 18.2 Å². The lowest BCUT2D eigenvalue weighted by Gasteiger charge is -2.31. The van der Waals surface area contributed by atoms with Crippen LogP contribution in [0.25, 0.3) is 10.7 Å². The second-order valence-electron chi connectivity index (χ2n) is 8.43. The zero-order chi connectivity index (χ0) is 23.5. The number of hydrogen-bond acceptors (Lipinski definition) is 7. The fourth-order valence-electron chi connectivity index (χ4n) is 4.28. The Kier molecular flexibility index (Phi) is 6.40. The quantitative estimate of drug-likeness (QED) is 0.386. The van der Waals surface area contributed by atoms with E-state index in [1.165, 1.54) is 11.3 Å². The fourth-order valence-corrected chi connectivity index (χ4v) is 5.29. The van der Waals surface area contributed by atoms with Crippen LogP contribution in [0, 0.1) is 6.92 Å². The number of carbonyl (C=O) groups excluding carboxylic acids is 1. The van der Waals surface area contributed by atoms with Gasteiger partial charge in [0.15, 0.2) is 5.89 Å². The molecule has 0 spiro atoms. The minimum Gasteiger partial charge on any atom is -0.497 e. The highest BCUT2D eigenvalue weighted by Crippen LogP contribution is 2.31. The molecule has 1 saturated heterocycles. The van der Waals surface area contributed by atoms with E-state index < -0.39 is 0 Å². The first kappa shape index (κ1) is 22.3. The van der Waals surface area contributed by atoms with E-state index in [0.29, 0.717) is 23.7 Å². The third-order valence-electron chi connectivity index (χ3n) is 6.02. The van der Waals surface area contributed by atoms with E-state index >= 15 is 0 Å². The number of thiazole rings is 1. The molecule has 0 aliphatic carbocycles. The second-order valence-corrected chi connectivity index (χ2v) is 9.43. The average Bonchev–Trinajstić information content (AvgIpc) is 3.51. The molecule has 8 heteroatoms. The van der Waals surface area contributed by atoms with Gasteiger partial charge >= 0.3 is 0 Å². The van der Waals surface area contributed by atoms with E-state index in [1.807, 2.05) is 54.3 Å². The van der Waals surface area contributed by atoms with Gasteiger partial charge in [-0.05, 0) is 49.6 Å². The number of aromatic nitrogens is 3. The fraction of sp³-hybridized carbons (Fsp3) is 0.308. The van der Waals surface area contributed by atoms with Gasteiger partial charge < -0.3 is 14.1 Å². The smallest absolute Gasteiger partial charge is 0.265 e. The van der Waals surface area contributed by atoms with Crippen molar-refractivity contribution >= 4 is 17.2 Å². The Hall–Kier alpha value is -3.52. The summed E-state index contributed by atoms with van der Waals surface area (Å²) in [5, 5.41) is 0.768. The van der Waals surface area contributed by atoms with Crippen molar-refractivity contribution in [1.82, 2.24) is 19.9 Å². The number of amides is 1. The molecule has 7 nitrogen and oxygen atoms in total. The maximum Gasteiger partial charge on any atom is 0.265 e. The van der Waals surface area contributed by atoms with Crippen LogP contribution in [0.4, 0.5) is 0 Å². The molecule has 0 bridgehead atoms. The van der Waals surface area contributed by atoms with Crippen molar-refractivity contribution in [2.75, 3.05) is 20.2 Å². The van der Waals surface area contributed by atoms with Crippen LogP contribution in [0.1, 0.15) is 51.3 Å². The maximum atomic E-state index is 13.4. The lowest BCUT2D eigenvalue weighted by molar-refractivity contribution is 0.0702. The number of ether oxygens (including phenoxy) is 1. The van der Waals surface area contributed by atoms with Gasteiger partial charge in [-0.25, -0.2) is 9.97 Å². The monoisotopic (exact) mass is 474 g/mol. The summed E-state index contributed by atoms with van der Waals surface area (Å²) in [5.41, 5.74) is 2.64. The molecule has 0 saturated carbocycles. The standard InChI is InChI=1S/C26H26N4O3S/c1-17-23(34-25(29-17)22-10-3-4-11-27-22)26(31)30-12-6-8-19(16-30)24-28-15-21(33-24)14-18-7-5-9-20(13-18)32-2/h3-5,7,9-11,13,15,19H,6,8,12,14,16H2,1-2H3. The Labute approximate surface area is 202 Å². The minimum atomic E-state index is 0.0186. The molecule has 1 aromatic carbocycles. The van der Waals surface area contributed by atoms with Crippen molar-refractivity contribution in [2.24, 2.45) is 0 Å². The third kappa shape index (κ3) is 4.72. The number of rotatable bonds is 6. The van der Waals surface area contributed by atoms with Crippen LogP contribution in [0.5, 0.6) is 5.75 Å². The van der Waals surface area contributed by atoms with Crippen molar-refractivity contribution in [1.29, 1.82) is 0 Å². The molecular weight excluding hydrogens is 448 g/mol. The zero-order valence-corrected chi connectivity index (χ0v) is 20.0. The van der Waals surface area contributed by atoms with Gasteiger partial charge in [0.2, 0.25) is 0 Å². The van der Waals surface area contributed by atoms with E-state index in [0.717, 1.165) is 52.9 Å². The van der Waals surface area contributed by atoms with Crippen LogP contribution in [0.15, 0.2) is 59.3 Å². The second kappa shape index (κ2) is 9.77. The number of carbonyl (C=O) groups is 1. The predicted molar refractivity (Wildman–Crippen MR) is 130 cm³/mol. The van der Waals surface area contributed by atoms with Gasteiger partial charge in [0, 0.05) is 25.7 Å². The molecule has 5 rings (SSSR count). The first-order valence-corrected chi connectivity index (χ1v) is 12.2. The molecule has 1 unspecified atom stereocenters. The van der Waals surface area contributed by atoms with E-state index in [1.54, 1.807) is 19.5 Å². The molecule has 1 aliphatic heterocycles. The van der Waals surface area contributed by atoms with Crippen LogP contribution in [0.2, 0.25) is 0 Å². The van der Waals surface area contributed by atoms with Gasteiger partial charge in [-0.15, -0.1) is 11.3 Å². The first-order valence-electron chi connectivity index (χ1n) is 11.4. The molecule has 1 atom stereocenters. The Balaban J connectivity index is 1.28. The highest BCUT2D eigenvalue weighted by Gasteiger charge is 2.30. The van der Waals surface area contributed by atoms with Crippen molar-refractivity contribution in [3.05, 3.63) is 82.6 Å². The first-order chi connectivity index (χ1) is 16.6. The summed E-state index contributed by atoms with van der Waals surface area (Å²) in [4.78, 5) is 29.5. The van der Waals surface area contributed by atoms with Gasteiger partial charge in [0.25, 0.3) is 5.91 Å². The molecule has 4 heterocycles. The Morgan fingerprint density at radius 2 is 2.15 bits per heavy atom. The predicted octanol–water partition coefficient (Wildman–Crippen LogP) is 5.12. The number of oxazole rings is 1. The number of hydrogen-bond donors (Lipinski definition) is 0. The van der Waals surface area contributed by atoms with E-state index in [9.17, 15) is 4.79 Å². The number of likely N-dealkylation sites (tertiary alicyclic amines) is 1. The number of nitrogens with zero attached hydrogens (tertiary/aromatic N) is 4. The number of piperidine rings is 1. The molecule has 0 radical (unpaired) electrons. The molecule has 1 amide bonds. The molecule has 34 heavy (non-hydrogen) atoms. The molecule has 4 aromatic rings.